The van der Waals surface area contributed by atoms with E-state index in [1.165, 1.54) is 12.1 Å². The van der Waals surface area contributed by atoms with E-state index in [0.29, 0.717) is 50.9 Å². The Bertz CT molecular complexity index is 1010. The maximum absolute atomic E-state index is 13.2. The number of hydrogen-bond acceptors (Lipinski definition) is 5. The van der Waals surface area contributed by atoms with Crippen molar-refractivity contribution >= 4 is 5.91 Å². The van der Waals surface area contributed by atoms with Crippen LogP contribution in [0.1, 0.15) is 52.6 Å². The van der Waals surface area contributed by atoms with Crippen LogP contribution in [0.3, 0.4) is 0 Å². The fourth-order valence-electron chi connectivity index (χ4n) is 5.12. The Hall–Kier alpha value is -2.43. The largest absolute Gasteiger partial charge is 0.416 e. The predicted molar refractivity (Wildman–Crippen MR) is 126 cm³/mol. The van der Waals surface area contributed by atoms with Crippen molar-refractivity contribution in [1.29, 1.82) is 0 Å². The molecule has 1 aromatic heterocycles. The van der Waals surface area contributed by atoms with Crippen molar-refractivity contribution < 1.29 is 22.7 Å². The molecule has 2 aliphatic heterocycles. The van der Waals surface area contributed by atoms with Crippen LogP contribution in [0, 0.1) is 0 Å². The number of nitrogens with one attached hydrogen (secondary N) is 1. The minimum atomic E-state index is -4.34. The number of rotatable bonds is 9. The fourth-order valence-corrected chi connectivity index (χ4v) is 5.12. The van der Waals surface area contributed by atoms with Gasteiger partial charge in [0.1, 0.15) is 0 Å². The number of alkyl halides is 3. The van der Waals surface area contributed by atoms with Crippen molar-refractivity contribution in [1.82, 2.24) is 24.9 Å². The van der Waals surface area contributed by atoms with Crippen LogP contribution in [0.15, 0.2) is 24.3 Å². The highest BCUT2D eigenvalue weighted by atomic mass is 19.4. The zero-order valence-electron chi connectivity index (χ0n) is 20.4. The molecule has 1 N–H and O–H groups in total. The Balaban J connectivity index is 1.47. The summed E-state index contributed by atoms with van der Waals surface area (Å²) in [7, 11) is 1.64. The molecule has 0 aliphatic carbocycles. The molecule has 2 aliphatic rings. The van der Waals surface area contributed by atoms with Gasteiger partial charge in [-0.25, -0.2) is 0 Å². The Morgan fingerprint density at radius 2 is 2.00 bits per heavy atom. The van der Waals surface area contributed by atoms with Crippen molar-refractivity contribution in [3.05, 3.63) is 52.3 Å². The Morgan fingerprint density at radius 1 is 1.23 bits per heavy atom. The van der Waals surface area contributed by atoms with Crippen molar-refractivity contribution in [2.45, 2.75) is 58.0 Å². The molecule has 1 fully saturated rings. The first-order valence-corrected chi connectivity index (χ1v) is 12.3. The lowest BCUT2D eigenvalue weighted by Gasteiger charge is -2.28. The summed E-state index contributed by atoms with van der Waals surface area (Å²) in [6.45, 7) is 7.61. The zero-order chi connectivity index (χ0) is 25.0. The van der Waals surface area contributed by atoms with Crippen LogP contribution in [0.5, 0.6) is 0 Å². The Labute approximate surface area is 204 Å². The quantitative estimate of drug-likeness (QED) is 0.581. The smallest absolute Gasteiger partial charge is 0.383 e. The van der Waals surface area contributed by atoms with E-state index >= 15 is 0 Å². The second-order valence-electron chi connectivity index (χ2n) is 9.28. The molecule has 0 bridgehead atoms. The first-order valence-electron chi connectivity index (χ1n) is 12.3. The van der Waals surface area contributed by atoms with Gasteiger partial charge in [0, 0.05) is 57.0 Å². The molecule has 1 unspecified atom stereocenters. The van der Waals surface area contributed by atoms with E-state index in [2.05, 4.69) is 27.1 Å². The van der Waals surface area contributed by atoms with Gasteiger partial charge in [-0.1, -0.05) is 19.1 Å². The van der Waals surface area contributed by atoms with E-state index in [0.717, 1.165) is 61.4 Å². The molecule has 10 heteroatoms. The maximum atomic E-state index is 13.2. The highest BCUT2D eigenvalue weighted by Crippen LogP contribution is 2.30. The van der Waals surface area contributed by atoms with Crippen LogP contribution < -0.4 is 5.32 Å². The number of nitrogens with zero attached hydrogens (tertiary/aromatic N) is 4. The van der Waals surface area contributed by atoms with Crippen molar-refractivity contribution in [3.63, 3.8) is 0 Å². The van der Waals surface area contributed by atoms with Gasteiger partial charge in [-0.3, -0.25) is 19.3 Å². The number of likely N-dealkylation sites (N-methyl/N-ethyl adjacent to an activating group) is 1. The number of methoxy groups -OCH3 is 1. The van der Waals surface area contributed by atoms with Crippen LogP contribution in [0.2, 0.25) is 0 Å². The van der Waals surface area contributed by atoms with Crippen LogP contribution >= 0.6 is 0 Å². The molecule has 1 saturated heterocycles. The molecule has 192 valence electrons. The van der Waals surface area contributed by atoms with Gasteiger partial charge in [-0.05, 0) is 43.6 Å². The number of likely N-dealkylation sites (tertiary alicyclic amines) is 1. The summed E-state index contributed by atoms with van der Waals surface area (Å²) < 4.78 is 45.8. The fraction of sp³-hybridized carbons (Fsp3) is 0.600. The molecule has 3 heterocycles. The summed E-state index contributed by atoms with van der Waals surface area (Å²) in [5.74, 6) is -0.170. The van der Waals surface area contributed by atoms with Gasteiger partial charge in [0.15, 0.2) is 5.69 Å². The summed E-state index contributed by atoms with van der Waals surface area (Å²) in [5, 5.41) is 7.75. The average Bonchev–Trinajstić information content (AvgIpc) is 3.45. The van der Waals surface area contributed by atoms with Gasteiger partial charge in [0.05, 0.1) is 18.7 Å². The van der Waals surface area contributed by atoms with E-state index in [-0.39, 0.29) is 5.91 Å². The Morgan fingerprint density at radius 3 is 2.69 bits per heavy atom. The minimum absolute atomic E-state index is 0.170. The molecular formula is C25H34F3N5O2. The molecule has 0 spiro atoms. The lowest BCUT2D eigenvalue weighted by Crippen LogP contribution is -2.40. The highest BCUT2D eigenvalue weighted by molar-refractivity contribution is 5.94. The molecule has 0 radical (unpaired) electrons. The first-order chi connectivity index (χ1) is 16.8. The van der Waals surface area contributed by atoms with E-state index < -0.39 is 11.7 Å². The second kappa shape index (κ2) is 11.1. The number of ether oxygens (including phenoxy) is 1. The van der Waals surface area contributed by atoms with Gasteiger partial charge in [0.25, 0.3) is 5.91 Å². The molecule has 4 rings (SSSR count). The SMILES string of the molecule is CCN1CCCC1CNC(=O)c1nn(CCOC)c2c1CN(Cc1ccc(C(F)(F)F)cc1)CC2. The summed E-state index contributed by atoms with van der Waals surface area (Å²) in [5.41, 5.74) is 2.53. The van der Waals surface area contributed by atoms with E-state index in [4.69, 9.17) is 4.74 Å². The number of carbonyl (C=O) groups excluding carboxylic acids is 1. The molecule has 1 amide bonds. The second-order valence-corrected chi connectivity index (χ2v) is 9.28. The van der Waals surface area contributed by atoms with Gasteiger partial charge in [0.2, 0.25) is 0 Å². The van der Waals surface area contributed by atoms with Crippen molar-refractivity contribution in [2.75, 3.05) is 39.9 Å². The van der Waals surface area contributed by atoms with Gasteiger partial charge in [-0.15, -0.1) is 0 Å². The molecule has 1 aromatic carbocycles. The zero-order valence-corrected chi connectivity index (χ0v) is 20.4. The molecule has 0 saturated carbocycles. The monoisotopic (exact) mass is 493 g/mol. The van der Waals surface area contributed by atoms with Crippen LogP contribution in [-0.4, -0.2) is 71.4 Å². The number of carbonyl (C=O) groups is 1. The van der Waals surface area contributed by atoms with Crippen molar-refractivity contribution in [2.24, 2.45) is 0 Å². The molecule has 35 heavy (non-hydrogen) atoms. The van der Waals surface area contributed by atoms with Crippen LogP contribution in [0.25, 0.3) is 0 Å². The number of aromatic nitrogens is 2. The third-order valence-electron chi connectivity index (χ3n) is 7.03. The first kappa shape index (κ1) is 25.7. The van der Waals surface area contributed by atoms with E-state index in [1.807, 2.05) is 4.68 Å². The summed E-state index contributed by atoms with van der Waals surface area (Å²) in [6, 6.07) is 5.64. The summed E-state index contributed by atoms with van der Waals surface area (Å²) in [6.07, 6.45) is -1.40. The number of halogens is 3. The van der Waals surface area contributed by atoms with Gasteiger partial charge in [-0.2, -0.15) is 18.3 Å². The molecule has 7 nitrogen and oxygen atoms in total. The Kier molecular flexibility index (Phi) is 8.13. The average molecular weight is 494 g/mol. The van der Waals surface area contributed by atoms with E-state index in [1.54, 1.807) is 7.11 Å². The van der Waals surface area contributed by atoms with Crippen molar-refractivity contribution in [3.8, 4) is 0 Å². The third kappa shape index (κ3) is 6.05. The summed E-state index contributed by atoms with van der Waals surface area (Å²) >= 11 is 0. The van der Waals surface area contributed by atoms with Gasteiger partial charge >= 0.3 is 6.18 Å². The number of benzene rings is 1. The van der Waals surface area contributed by atoms with Crippen LogP contribution in [-0.2, 0) is 37.0 Å². The predicted octanol–water partition coefficient (Wildman–Crippen LogP) is 3.32. The number of hydrogen-bond donors (Lipinski definition) is 1. The molecular weight excluding hydrogens is 459 g/mol. The minimum Gasteiger partial charge on any atom is -0.383 e. The highest BCUT2D eigenvalue weighted by Gasteiger charge is 2.31. The van der Waals surface area contributed by atoms with Crippen LogP contribution in [0.4, 0.5) is 13.2 Å². The number of amides is 1. The van der Waals surface area contributed by atoms with Gasteiger partial charge < -0.3 is 10.1 Å². The lowest BCUT2D eigenvalue weighted by atomic mass is 10.0. The summed E-state index contributed by atoms with van der Waals surface area (Å²) in [4.78, 5) is 17.7. The number of fused-ring (bicyclic) bond motifs is 1. The standard InChI is InChI=1S/C25H34F3N5O2/c1-3-32-11-4-5-20(32)15-29-24(34)23-21-17-31(12-10-22(21)33(30-23)13-14-35-2)16-18-6-8-19(9-7-18)25(26,27)28/h6-9,20H,3-5,10-17H2,1-2H3,(H,29,34). The topological polar surface area (TPSA) is 62.6 Å². The lowest BCUT2D eigenvalue weighted by molar-refractivity contribution is -0.137. The molecule has 1 atom stereocenters. The maximum Gasteiger partial charge on any atom is 0.416 e. The third-order valence-corrected chi connectivity index (χ3v) is 7.03. The molecule has 2 aromatic rings. The van der Waals surface area contributed by atoms with E-state index in [9.17, 15) is 18.0 Å². The normalized spacial score (nSPS) is 19.2.